The van der Waals surface area contributed by atoms with Gasteiger partial charge in [-0.1, -0.05) is 13.0 Å². The summed E-state index contributed by atoms with van der Waals surface area (Å²) in [4.78, 5) is 22.4. The normalized spacial score (nSPS) is 11.9. The molecule has 5 heteroatoms. The van der Waals surface area contributed by atoms with Gasteiger partial charge in [0.15, 0.2) is 0 Å². The molecule has 0 saturated carbocycles. The van der Waals surface area contributed by atoms with Crippen molar-refractivity contribution in [1.29, 1.82) is 0 Å². The van der Waals surface area contributed by atoms with Gasteiger partial charge in [-0.3, -0.25) is 9.59 Å². The third-order valence-corrected chi connectivity index (χ3v) is 3.32. The van der Waals surface area contributed by atoms with Crippen molar-refractivity contribution >= 4 is 11.9 Å². The molecule has 1 rings (SSSR count). The van der Waals surface area contributed by atoms with E-state index in [2.05, 4.69) is 5.32 Å². The molecule has 1 aromatic rings. The number of aromatic hydroxyl groups is 1. The van der Waals surface area contributed by atoms with Crippen molar-refractivity contribution in [2.75, 3.05) is 6.54 Å². The molecular weight excluding hydrogens is 258 g/mol. The molecule has 0 aliphatic carbocycles. The number of carboxylic acid groups (broad SMARTS) is 1. The van der Waals surface area contributed by atoms with E-state index < -0.39 is 5.97 Å². The average molecular weight is 279 g/mol. The maximum Gasteiger partial charge on any atom is 0.303 e. The minimum atomic E-state index is -0.795. The minimum absolute atomic E-state index is 0.104. The molecule has 0 radical (unpaired) electrons. The van der Waals surface area contributed by atoms with E-state index in [4.69, 9.17) is 5.11 Å². The first-order valence-electron chi connectivity index (χ1n) is 6.70. The third kappa shape index (κ3) is 4.91. The Balaban J connectivity index is 2.40. The van der Waals surface area contributed by atoms with Crippen molar-refractivity contribution in [3.8, 4) is 5.75 Å². The van der Waals surface area contributed by atoms with Crippen molar-refractivity contribution in [2.24, 2.45) is 5.92 Å². The molecule has 5 nitrogen and oxygen atoms in total. The molecule has 0 aromatic heterocycles. The highest BCUT2D eigenvalue weighted by atomic mass is 16.4. The Labute approximate surface area is 118 Å². The average Bonchev–Trinajstić information content (AvgIpc) is 2.39. The predicted molar refractivity (Wildman–Crippen MR) is 75.8 cm³/mol. The summed E-state index contributed by atoms with van der Waals surface area (Å²) < 4.78 is 0. The molecule has 0 spiro atoms. The highest BCUT2D eigenvalue weighted by Gasteiger charge is 2.11. The van der Waals surface area contributed by atoms with Crippen molar-refractivity contribution < 1.29 is 19.8 Å². The van der Waals surface area contributed by atoms with Gasteiger partial charge >= 0.3 is 5.97 Å². The number of aliphatic carboxylic acids is 1. The lowest BCUT2D eigenvalue weighted by Gasteiger charge is -2.12. The number of carbonyl (C=O) groups is 2. The Morgan fingerprint density at radius 1 is 1.30 bits per heavy atom. The fourth-order valence-electron chi connectivity index (χ4n) is 1.91. The van der Waals surface area contributed by atoms with E-state index in [0.29, 0.717) is 24.1 Å². The van der Waals surface area contributed by atoms with E-state index in [0.717, 1.165) is 6.42 Å². The molecule has 1 amide bonds. The van der Waals surface area contributed by atoms with Gasteiger partial charge in [0.1, 0.15) is 5.75 Å². The second-order valence-corrected chi connectivity index (χ2v) is 5.03. The number of carbonyl (C=O) groups excluding carboxylic acids is 1. The molecule has 1 atom stereocenters. The van der Waals surface area contributed by atoms with Gasteiger partial charge in [-0.25, -0.2) is 0 Å². The zero-order chi connectivity index (χ0) is 15.1. The Hall–Kier alpha value is -2.04. The highest BCUT2D eigenvalue weighted by molar-refractivity contribution is 5.96. The number of nitrogens with one attached hydrogen (secondary N) is 1. The zero-order valence-electron chi connectivity index (χ0n) is 11.8. The quantitative estimate of drug-likeness (QED) is 0.715. The molecule has 0 saturated heterocycles. The number of amides is 1. The summed E-state index contributed by atoms with van der Waals surface area (Å²) >= 11 is 0. The van der Waals surface area contributed by atoms with Gasteiger partial charge in [0, 0.05) is 24.1 Å². The second-order valence-electron chi connectivity index (χ2n) is 5.03. The summed E-state index contributed by atoms with van der Waals surface area (Å²) in [6.07, 6.45) is 1.49. The van der Waals surface area contributed by atoms with Gasteiger partial charge in [0.25, 0.3) is 5.91 Å². The van der Waals surface area contributed by atoms with Gasteiger partial charge < -0.3 is 15.5 Å². The fourth-order valence-corrected chi connectivity index (χ4v) is 1.91. The van der Waals surface area contributed by atoms with E-state index in [1.165, 1.54) is 0 Å². The summed E-state index contributed by atoms with van der Waals surface area (Å²) in [5.41, 5.74) is 1.02. The van der Waals surface area contributed by atoms with Crippen LogP contribution in [-0.4, -0.2) is 28.6 Å². The maximum absolute atomic E-state index is 11.9. The Kier molecular flexibility index (Phi) is 6.03. The summed E-state index contributed by atoms with van der Waals surface area (Å²) in [7, 11) is 0. The van der Waals surface area contributed by atoms with Crippen LogP contribution in [0.25, 0.3) is 0 Å². The number of benzene rings is 1. The van der Waals surface area contributed by atoms with Gasteiger partial charge in [0.05, 0.1) is 0 Å². The van der Waals surface area contributed by atoms with Crippen LogP contribution in [0.5, 0.6) is 5.75 Å². The first-order chi connectivity index (χ1) is 9.41. The zero-order valence-corrected chi connectivity index (χ0v) is 11.8. The summed E-state index contributed by atoms with van der Waals surface area (Å²) in [5, 5.41) is 20.9. The highest BCUT2D eigenvalue weighted by Crippen LogP contribution is 2.19. The van der Waals surface area contributed by atoms with Gasteiger partial charge in [-0.05, 0) is 37.8 Å². The summed E-state index contributed by atoms with van der Waals surface area (Å²) in [6.45, 7) is 4.16. The van der Waals surface area contributed by atoms with Gasteiger partial charge in [-0.2, -0.15) is 0 Å². The lowest BCUT2D eigenvalue weighted by Crippen LogP contribution is -2.26. The van der Waals surface area contributed by atoms with E-state index in [1.807, 2.05) is 6.92 Å². The van der Waals surface area contributed by atoms with Crippen LogP contribution in [0.4, 0.5) is 0 Å². The van der Waals surface area contributed by atoms with E-state index in [9.17, 15) is 14.7 Å². The first-order valence-corrected chi connectivity index (χ1v) is 6.70. The summed E-state index contributed by atoms with van der Waals surface area (Å²) in [5.74, 6) is -0.663. The second kappa shape index (κ2) is 7.53. The number of hydrogen-bond donors (Lipinski definition) is 3. The molecule has 0 aliphatic heterocycles. The predicted octanol–water partition coefficient (Wildman–Crippen LogP) is 2.32. The number of hydrogen-bond acceptors (Lipinski definition) is 3. The number of phenolic OH excluding ortho intramolecular Hbond substituents is 1. The molecule has 0 aliphatic rings. The van der Waals surface area contributed by atoms with Crippen LogP contribution in [0.2, 0.25) is 0 Å². The molecule has 0 fully saturated rings. The van der Waals surface area contributed by atoms with Gasteiger partial charge in [0.2, 0.25) is 0 Å². The van der Waals surface area contributed by atoms with Crippen LogP contribution in [0.15, 0.2) is 18.2 Å². The molecule has 1 aromatic carbocycles. The molecule has 110 valence electrons. The van der Waals surface area contributed by atoms with Crippen molar-refractivity contribution in [2.45, 2.75) is 33.1 Å². The Morgan fingerprint density at radius 3 is 2.65 bits per heavy atom. The van der Waals surface area contributed by atoms with Crippen molar-refractivity contribution in [3.05, 3.63) is 29.3 Å². The molecule has 0 bridgehead atoms. The topological polar surface area (TPSA) is 86.6 Å². The van der Waals surface area contributed by atoms with Gasteiger partial charge in [-0.15, -0.1) is 0 Å². The first kappa shape index (κ1) is 16.0. The molecule has 1 unspecified atom stereocenters. The number of carboxylic acids is 1. The lowest BCUT2D eigenvalue weighted by atomic mass is 10.0. The lowest BCUT2D eigenvalue weighted by molar-refractivity contribution is -0.137. The summed E-state index contributed by atoms with van der Waals surface area (Å²) in [6, 6.07) is 4.84. The van der Waals surface area contributed by atoms with Crippen LogP contribution < -0.4 is 5.32 Å². The Morgan fingerprint density at radius 2 is 2.00 bits per heavy atom. The van der Waals surface area contributed by atoms with Crippen LogP contribution in [0.3, 0.4) is 0 Å². The van der Waals surface area contributed by atoms with Crippen molar-refractivity contribution in [1.82, 2.24) is 5.32 Å². The number of phenols is 1. The largest absolute Gasteiger partial charge is 0.508 e. The van der Waals surface area contributed by atoms with E-state index >= 15 is 0 Å². The van der Waals surface area contributed by atoms with Crippen molar-refractivity contribution in [3.63, 3.8) is 0 Å². The monoisotopic (exact) mass is 279 g/mol. The fraction of sp³-hybridized carbons (Fsp3) is 0.467. The van der Waals surface area contributed by atoms with E-state index in [-0.39, 0.29) is 24.0 Å². The number of rotatable bonds is 7. The molecular formula is C15H21NO4. The Bertz CT molecular complexity index is 485. The molecule has 3 N–H and O–H groups in total. The van der Waals surface area contributed by atoms with Crippen LogP contribution in [-0.2, 0) is 4.79 Å². The molecule has 20 heavy (non-hydrogen) atoms. The molecule has 0 heterocycles. The standard InChI is InChI=1S/C15H21NO4/c1-10(6-7-14(18)19)8-9-16-15(20)12-4-3-5-13(17)11(12)2/h3-5,10,17H,6-9H2,1-2H3,(H,16,20)(H,18,19). The smallest absolute Gasteiger partial charge is 0.303 e. The van der Waals surface area contributed by atoms with E-state index in [1.54, 1.807) is 25.1 Å². The third-order valence-electron chi connectivity index (χ3n) is 3.32. The maximum atomic E-state index is 11.9. The van der Waals surface area contributed by atoms with Crippen LogP contribution in [0.1, 0.15) is 42.1 Å². The van der Waals surface area contributed by atoms with Crippen LogP contribution in [0, 0.1) is 12.8 Å². The SMILES string of the molecule is Cc1c(O)cccc1C(=O)NCCC(C)CCC(=O)O. The van der Waals surface area contributed by atoms with Crippen LogP contribution >= 0.6 is 0 Å². The minimum Gasteiger partial charge on any atom is -0.508 e.